The highest BCUT2D eigenvalue weighted by Crippen LogP contribution is 2.39. The molecule has 0 aromatic carbocycles. The molecule has 1 N–H and O–H groups in total. The molecule has 5 nitrogen and oxygen atoms in total. The molecule has 2 amide bonds. The van der Waals surface area contributed by atoms with Crippen molar-refractivity contribution in [2.24, 2.45) is 0 Å². The van der Waals surface area contributed by atoms with Gasteiger partial charge in [-0.1, -0.05) is 19.3 Å². The number of carbonyl (C=O) groups is 2. The van der Waals surface area contributed by atoms with Crippen LogP contribution in [-0.2, 0) is 14.3 Å². The van der Waals surface area contributed by atoms with Gasteiger partial charge < -0.3 is 15.0 Å². The van der Waals surface area contributed by atoms with Crippen molar-refractivity contribution in [3.63, 3.8) is 0 Å². The van der Waals surface area contributed by atoms with Crippen LogP contribution >= 0.6 is 0 Å². The molecule has 3 fully saturated rings. The zero-order valence-corrected chi connectivity index (χ0v) is 13.1. The fraction of sp³-hybridized carbons (Fsp3) is 0.875. The fourth-order valence-corrected chi connectivity index (χ4v) is 4.18. The number of nitrogens with zero attached hydrogens (tertiary/aromatic N) is 1. The summed E-state index contributed by atoms with van der Waals surface area (Å²) in [6.07, 6.45) is 6.40. The average Bonchev–Trinajstić information content (AvgIpc) is 2.47. The minimum absolute atomic E-state index is 0.00390. The van der Waals surface area contributed by atoms with Crippen LogP contribution in [0.5, 0.6) is 0 Å². The summed E-state index contributed by atoms with van der Waals surface area (Å²) in [5.41, 5.74) is -0.889. The second kappa shape index (κ2) is 5.27. The van der Waals surface area contributed by atoms with Gasteiger partial charge in [0.2, 0.25) is 11.8 Å². The molecule has 0 aromatic rings. The van der Waals surface area contributed by atoms with Crippen molar-refractivity contribution in [2.75, 3.05) is 13.2 Å². The topological polar surface area (TPSA) is 58.6 Å². The number of hydrogen-bond donors (Lipinski definition) is 1. The predicted molar refractivity (Wildman–Crippen MR) is 78.7 cm³/mol. The molecule has 1 aliphatic carbocycles. The summed E-state index contributed by atoms with van der Waals surface area (Å²) in [6, 6.07) is -0.381. The van der Waals surface area contributed by atoms with Crippen molar-refractivity contribution in [3.05, 3.63) is 0 Å². The van der Waals surface area contributed by atoms with E-state index in [1.54, 1.807) is 0 Å². The zero-order valence-electron chi connectivity index (χ0n) is 13.1. The van der Waals surface area contributed by atoms with Crippen LogP contribution in [0, 0.1) is 0 Å². The average molecular weight is 294 g/mol. The Morgan fingerprint density at radius 3 is 2.33 bits per heavy atom. The summed E-state index contributed by atoms with van der Waals surface area (Å²) in [5.74, 6) is 0.142. The van der Waals surface area contributed by atoms with Gasteiger partial charge in [-0.2, -0.15) is 0 Å². The van der Waals surface area contributed by atoms with Gasteiger partial charge in [-0.15, -0.1) is 0 Å². The lowest BCUT2D eigenvalue weighted by Crippen LogP contribution is -2.74. The Bertz CT molecular complexity index is 437. The SMILES string of the molecule is CC1C(=O)NC2(CCCCC2)C(=O)N1C1(C)CCOCC1. The number of carbonyl (C=O) groups excluding carboxylic acids is 2. The maximum Gasteiger partial charge on any atom is 0.249 e. The van der Waals surface area contributed by atoms with Crippen LogP contribution in [0.4, 0.5) is 0 Å². The second-order valence-electron chi connectivity index (χ2n) is 7.09. The summed E-state index contributed by atoms with van der Waals surface area (Å²) in [5, 5.41) is 3.06. The van der Waals surface area contributed by atoms with Gasteiger partial charge in [-0.3, -0.25) is 9.59 Å². The molecule has 3 aliphatic rings. The Kier molecular flexibility index (Phi) is 3.72. The second-order valence-corrected chi connectivity index (χ2v) is 7.09. The molecule has 2 aliphatic heterocycles. The lowest BCUT2D eigenvalue weighted by molar-refractivity contribution is -0.167. The Labute approximate surface area is 126 Å². The Morgan fingerprint density at radius 1 is 1.10 bits per heavy atom. The molecule has 1 saturated carbocycles. The van der Waals surface area contributed by atoms with Crippen LogP contribution in [-0.4, -0.2) is 47.0 Å². The van der Waals surface area contributed by atoms with Gasteiger partial charge >= 0.3 is 0 Å². The van der Waals surface area contributed by atoms with E-state index >= 15 is 0 Å². The monoisotopic (exact) mass is 294 g/mol. The van der Waals surface area contributed by atoms with E-state index in [4.69, 9.17) is 4.74 Å². The first-order valence-corrected chi connectivity index (χ1v) is 8.22. The van der Waals surface area contributed by atoms with Crippen molar-refractivity contribution in [1.29, 1.82) is 0 Å². The number of hydrogen-bond acceptors (Lipinski definition) is 3. The highest BCUT2D eigenvalue weighted by molar-refractivity contribution is 6.00. The molecule has 5 heteroatoms. The molecule has 2 heterocycles. The third-order valence-corrected chi connectivity index (χ3v) is 5.62. The Hall–Kier alpha value is -1.10. The number of piperazine rings is 1. The van der Waals surface area contributed by atoms with Crippen LogP contribution in [0.2, 0.25) is 0 Å². The molecule has 3 rings (SSSR count). The van der Waals surface area contributed by atoms with Crippen LogP contribution < -0.4 is 5.32 Å². The lowest BCUT2D eigenvalue weighted by Gasteiger charge is -2.54. The summed E-state index contributed by atoms with van der Waals surface area (Å²) in [6.45, 7) is 5.30. The molecule has 1 spiro atoms. The van der Waals surface area contributed by atoms with Gasteiger partial charge in [0.25, 0.3) is 0 Å². The van der Waals surface area contributed by atoms with Crippen LogP contribution in [0.3, 0.4) is 0 Å². The molecule has 0 aromatic heterocycles. The van der Waals surface area contributed by atoms with E-state index in [9.17, 15) is 9.59 Å². The molecular formula is C16H26N2O3. The van der Waals surface area contributed by atoms with Crippen molar-refractivity contribution >= 4 is 11.8 Å². The van der Waals surface area contributed by atoms with Crippen molar-refractivity contribution in [2.45, 2.75) is 75.9 Å². The predicted octanol–water partition coefficient (Wildman–Crippen LogP) is 1.61. The highest BCUT2D eigenvalue weighted by atomic mass is 16.5. The van der Waals surface area contributed by atoms with Crippen LogP contribution in [0.1, 0.15) is 58.8 Å². The van der Waals surface area contributed by atoms with E-state index in [0.717, 1.165) is 44.9 Å². The molecular weight excluding hydrogens is 268 g/mol. The minimum atomic E-state index is -0.636. The largest absolute Gasteiger partial charge is 0.381 e. The van der Waals surface area contributed by atoms with E-state index in [-0.39, 0.29) is 23.4 Å². The third kappa shape index (κ3) is 2.35. The first-order valence-electron chi connectivity index (χ1n) is 8.22. The van der Waals surface area contributed by atoms with Crippen molar-refractivity contribution in [3.8, 4) is 0 Å². The molecule has 1 atom stereocenters. The van der Waals surface area contributed by atoms with Gasteiger partial charge in [0.1, 0.15) is 11.6 Å². The van der Waals surface area contributed by atoms with Crippen LogP contribution in [0.15, 0.2) is 0 Å². The smallest absolute Gasteiger partial charge is 0.249 e. The number of nitrogens with one attached hydrogen (secondary N) is 1. The zero-order chi connectivity index (χ0) is 15.1. The first-order chi connectivity index (χ1) is 9.99. The van der Waals surface area contributed by atoms with E-state index in [0.29, 0.717) is 13.2 Å². The van der Waals surface area contributed by atoms with Crippen molar-refractivity contribution < 1.29 is 14.3 Å². The van der Waals surface area contributed by atoms with E-state index in [1.165, 1.54) is 0 Å². The quantitative estimate of drug-likeness (QED) is 0.799. The van der Waals surface area contributed by atoms with Gasteiger partial charge in [0.05, 0.1) is 0 Å². The van der Waals surface area contributed by atoms with Crippen LogP contribution in [0.25, 0.3) is 0 Å². The maximum atomic E-state index is 13.2. The molecule has 21 heavy (non-hydrogen) atoms. The first kappa shape index (κ1) is 14.8. The molecule has 2 saturated heterocycles. The van der Waals surface area contributed by atoms with Crippen molar-refractivity contribution in [1.82, 2.24) is 10.2 Å². The maximum absolute atomic E-state index is 13.2. The minimum Gasteiger partial charge on any atom is -0.381 e. The standard InChI is InChI=1S/C16H26N2O3/c1-12-13(19)17-16(6-4-3-5-7-16)14(20)18(12)15(2)8-10-21-11-9-15/h12H,3-11H2,1-2H3,(H,17,19). The summed E-state index contributed by atoms with van der Waals surface area (Å²) < 4.78 is 5.45. The lowest BCUT2D eigenvalue weighted by atomic mass is 9.76. The summed E-state index contributed by atoms with van der Waals surface area (Å²) >= 11 is 0. The van der Waals surface area contributed by atoms with Gasteiger partial charge in [0.15, 0.2) is 0 Å². The number of amides is 2. The molecule has 118 valence electrons. The normalized spacial score (nSPS) is 32.1. The summed E-state index contributed by atoms with van der Waals surface area (Å²) in [4.78, 5) is 27.6. The molecule has 0 radical (unpaired) electrons. The van der Waals surface area contributed by atoms with Gasteiger partial charge in [-0.25, -0.2) is 0 Å². The van der Waals surface area contributed by atoms with E-state index < -0.39 is 5.54 Å². The Morgan fingerprint density at radius 2 is 1.71 bits per heavy atom. The number of ether oxygens (including phenoxy) is 1. The molecule has 0 bridgehead atoms. The fourth-order valence-electron chi connectivity index (χ4n) is 4.18. The molecule has 1 unspecified atom stereocenters. The van der Waals surface area contributed by atoms with E-state index in [2.05, 4.69) is 12.2 Å². The highest BCUT2D eigenvalue weighted by Gasteiger charge is 2.54. The number of rotatable bonds is 1. The Balaban J connectivity index is 1.93. The van der Waals surface area contributed by atoms with Gasteiger partial charge in [0, 0.05) is 18.8 Å². The van der Waals surface area contributed by atoms with E-state index in [1.807, 2.05) is 11.8 Å². The summed E-state index contributed by atoms with van der Waals surface area (Å²) in [7, 11) is 0. The van der Waals surface area contributed by atoms with Gasteiger partial charge in [-0.05, 0) is 39.5 Å². The third-order valence-electron chi connectivity index (χ3n) is 5.62.